The van der Waals surface area contributed by atoms with E-state index in [2.05, 4.69) is 51.9 Å². The van der Waals surface area contributed by atoms with Gasteiger partial charge in [-0.25, -0.2) is 4.68 Å². The van der Waals surface area contributed by atoms with Crippen LogP contribution in [0.3, 0.4) is 0 Å². The molecule has 6 nitrogen and oxygen atoms in total. The molecule has 0 aliphatic rings. The molecule has 0 bridgehead atoms. The Labute approximate surface area is 157 Å². The lowest BCUT2D eigenvalue weighted by atomic mass is 10.0. The summed E-state index contributed by atoms with van der Waals surface area (Å²) >= 11 is 1.94. The van der Waals surface area contributed by atoms with Crippen LogP contribution < -0.4 is 0 Å². The van der Waals surface area contributed by atoms with Crippen LogP contribution in [0.4, 0.5) is 0 Å². The van der Waals surface area contributed by atoms with Gasteiger partial charge in [-0.05, 0) is 31.9 Å². The summed E-state index contributed by atoms with van der Waals surface area (Å²) in [6.45, 7) is 16.6. The highest BCUT2D eigenvalue weighted by Crippen LogP contribution is 2.19. The molecule has 0 saturated heterocycles. The van der Waals surface area contributed by atoms with Crippen molar-refractivity contribution >= 4 is 11.8 Å². The van der Waals surface area contributed by atoms with E-state index < -0.39 is 0 Å². The molecule has 0 N–H and O–H groups in total. The smallest absolute Gasteiger partial charge is 0.108 e. The molecule has 25 heavy (non-hydrogen) atoms. The topological polar surface area (TPSA) is 58.4 Å². The molecule has 0 saturated carbocycles. The second-order valence-corrected chi connectivity index (χ2v) is 9.32. The number of ether oxygens (including phenoxy) is 3. The molecule has 1 aromatic heterocycles. The maximum atomic E-state index is 5.55. The number of rotatable bonds is 12. The summed E-state index contributed by atoms with van der Waals surface area (Å²) in [6.07, 6.45) is 1.92. The molecule has 0 aliphatic carbocycles. The van der Waals surface area contributed by atoms with E-state index in [-0.39, 0.29) is 5.54 Å². The minimum absolute atomic E-state index is 0.0559. The highest BCUT2D eigenvalue weighted by Gasteiger charge is 2.14. The van der Waals surface area contributed by atoms with Crippen LogP contribution in [0.15, 0.2) is 6.20 Å². The van der Waals surface area contributed by atoms with Gasteiger partial charge in [0.25, 0.3) is 0 Å². The molecule has 0 radical (unpaired) electrons. The molecule has 0 atom stereocenters. The van der Waals surface area contributed by atoms with Gasteiger partial charge in [0, 0.05) is 5.75 Å². The Kier molecular flexibility index (Phi) is 10.0. The minimum Gasteiger partial charge on any atom is -0.378 e. The molecular weight excluding hydrogens is 338 g/mol. The summed E-state index contributed by atoms with van der Waals surface area (Å²) in [7, 11) is 0. The standard InChI is InChI=1S/C18H35N3O3S/c1-17(2,3)15-25-12-11-23-8-7-22-9-10-24-14-16-13-21(20-19-16)18(4,5)6/h13H,7-12,14-15H2,1-6H3. The largest absolute Gasteiger partial charge is 0.378 e. The van der Waals surface area contributed by atoms with E-state index in [4.69, 9.17) is 14.2 Å². The van der Waals surface area contributed by atoms with Gasteiger partial charge in [0.2, 0.25) is 0 Å². The van der Waals surface area contributed by atoms with Gasteiger partial charge in [-0.2, -0.15) is 11.8 Å². The first-order chi connectivity index (χ1) is 11.7. The molecule has 0 spiro atoms. The maximum absolute atomic E-state index is 5.55. The summed E-state index contributed by atoms with van der Waals surface area (Å²) in [6, 6.07) is 0. The van der Waals surface area contributed by atoms with Crippen LogP contribution in [0, 0.1) is 5.41 Å². The van der Waals surface area contributed by atoms with Crippen LogP contribution in [0.2, 0.25) is 0 Å². The summed E-state index contributed by atoms with van der Waals surface area (Å²) in [5.74, 6) is 2.20. The second kappa shape index (κ2) is 11.2. The Morgan fingerprint density at radius 2 is 1.52 bits per heavy atom. The van der Waals surface area contributed by atoms with Crippen molar-refractivity contribution in [3.63, 3.8) is 0 Å². The van der Waals surface area contributed by atoms with Gasteiger partial charge in [-0.1, -0.05) is 26.0 Å². The summed E-state index contributed by atoms with van der Waals surface area (Å²) in [4.78, 5) is 0. The van der Waals surface area contributed by atoms with Gasteiger partial charge >= 0.3 is 0 Å². The molecule has 146 valence electrons. The normalized spacial score (nSPS) is 12.7. The molecule has 0 amide bonds. The number of aromatic nitrogens is 3. The zero-order chi connectivity index (χ0) is 18.8. The number of nitrogens with zero attached hydrogens (tertiary/aromatic N) is 3. The molecule has 1 rings (SSSR count). The molecule has 1 heterocycles. The first-order valence-electron chi connectivity index (χ1n) is 8.91. The summed E-state index contributed by atoms with van der Waals surface area (Å²) in [5.41, 5.74) is 1.17. The van der Waals surface area contributed by atoms with Crippen LogP contribution in [-0.4, -0.2) is 59.5 Å². The van der Waals surface area contributed by atoms with E-state index in [0.717, 1.165) is 23.8 Å². The lowest BCUT2D eigenvalue weighted by Gasteiger charge is -2.17. The molecule has 0 aliphatic heterocycles. The first-order valence-corrected chi connectivity index (χ1v) is 10.1. The molecule has 0 unspecified atom stereocenters. The zero-order valence-corrected chi connectivity index (χ0v) is 17.5. The third kappa shape index (κ3) is 11.6. The van der Waals surface area contributed by atoms with E-state index in [1.807, 2.05) is 22.6 Å². The Morgan fingerprint density at radius 1 is 0.920 bits per heavy atom. The Balaban J connectivity index is 1.90. The molecule has 1 aromatic rings. The van der Waals surface area contributed by atoms with Crippen LogP contribution in [0.1, 0.15) is 47.2 Å². The fourth-order valence-electron chi connectivity index (χ4n) is 1.81. The van der Waals surface area contributed by atoms with Gasteiger partial charge in [-0.3, -0.25) is 0 Å². The fourth-order valence-corrected chi connectivity index (χ4v) is 2.80. The van der Waals surface area contributed by atoms with Gasteiger partial charge < -0.3 is 14.2 Å². The van der Waals surface area contributed by atoms with E-state index in [1.54, 1.807) is 0 Å². The average molecular weight is 374 g/mol. The molecule has 0 aromatic carbocycles. The quantitative estimate of drug-likeness (QED) is 0.524. The van der Waals surface area contributed by atoms with Crippen molar-refractivity contribution in [2.75, 3.05) is 44.5 Å². The Hall–Kier alpha value is -0.630. The van der Waals surface area contributed by atoms with Crippen molar-refractivity contribution in [2.45, 2.75) is 53.7 Å². The minimum atomic E-state index is -0.0559. The van der Waals surface area contributed by atoms with E-state index in [9.17, 15) is 0 Å². The van der Waals surface area contributed by atoms with E-state index in [1.165, 1.54) is 0 Å². The highest BCUT2D eigenvalue weighted by molar-refractivity contribution is 7.99. The van der Waals surface area contributed by atoms with Crippen LogP contribution >= 0.6 is 11.8 Å². The van der Waals surface area contributed by atoms with Gasteiger partial charge in [0.15, 0.2) is 0 Å². The van der Waals surface area contributed by atoms with E-state index >= 15 is 0 Å². The van der Waals surface area contributed by atoms with Crippen LogP contribution in [-0.2, 0) is 26.4 Å². The second-order valence-electron chi connectivity index (χ2n) is 8.22. The van der Waals surface area contributed by atoms with Crippen LogP contribution in [0.25, 0.3) is 0 Å². The summed E-state index contributed by atoms with van der Waals surface area (Å²) in [5, 5.41) is 8.21. The molecule has 7 heteroatoms. The predicted octanol–water partition coefficient (Wildman–Crippen LogP) is 3.36. The molecule has 0 fully saturated rings. The third-order valence-corrected chi connectivity index (χ3v) is 4.65. The number of hydrogen-bond donors (Lipinski definition) is 0. The predicted molar refractivity (Wildman–Crippen MR) is 103 cm³/mol. The van der Waals surface area contributed by atoms with Crippen molar-refractivity contribution in [1.29, 1.82) is 0 Å². The zero-order valence-electron chi connectivity index (χ0n) is 16.7. The van der Waals surface area contributed by atoms with Crippen molar-refractivity contribution in [3.8, 4) is 0 Å². The van der Waals surface area contributed by atoms with Crippen molar-refractivity contribution in [3.05, 3.63) is 11.9 Å². The Bertz CT molecular complexity index is 467. The summed E-state index contributed by atoms with van der Waals surface area (Å²) < 4.78 is 18.4. The van der Waals surface area contributed by atoms with Gasteiger partial charge in [0.1, 0.15) is 5.69 Å². The van der Waals surface area contributed by atoms with Crippen molar-refractivity contribution in [2.24, 2.45) is 5.41 Å². The van der Waals surface area contributed by atoms with E-state index in [0.29, 0.717) is 38.4 Å². The third-order valence-electron chi connectivity index (χ3n) is 3.13. The Morgan fingerprint density at radius 3 is 2.08 bits per heavy atom. The number of thioether (sulfide) groups is 1. The van der Waals surface area contributed by atoms with Gasteiger partial charge in [0.05, 0.1) is 51.4 Å². The average Bonchev–Trinajstić information content (AvgIpc) is 2.96. The van der Waals surface area contributed by atoms with Crippen molar-refractivity contribution in [1.82, 2.24) is 15.0 Å². The number of hydrogen-bond acceptors (Lipinski definition) is 6. The SMILES string of the molecule is CC(C)(C)CSCCOCCOCCOCc1cn(C(C)(C)C)nn1. The highest BCUT2D eigenvalue weighted by atomic mass is 32.2. The lowest BCUT2D eigenvalue weighted by Crippen LogP contribution is -2.22. The fraction of sp³-hybridized carbons (Fsp3) is 0.889. The first kappa shape index (κ1) is 22.4. The lowest BCUT2D eigenvalue weighted by molar-refractivity contribution is 0.0126. The maximum Gasteiger partial charge on any atom is 0.108 e. The monoisotopic (exact) mass is 373 g/mol. The van der Waals surface area contributed by atoms with Crippen LogP contribution in [0.5, 0.6) is 0 Å². The van der Waals surface area contributed by atoms with Gasteiger partial charge in [-0.15, -0.1) is 5.10 Å². The molecular formula is C18H35N3O3S. The van der Waals surface area contributed by atoms with Crippen molar-refractivity contribution < 1.29 is 14.2 Å².